The van der Waals surface area contributed by atoms with Gasteiger partial charge in [-0.3, -0.25) is 0 Å². The summed E-state index contributed by atoms with van der Waals surface area (Å²) in [6.07, 6.45) is 3.22. The number of ether oxygens (including phenoxy) is 1. The Labute approximate surface area is 104 Å². The molecule has 96 valence electrons. The van der Waals surface area contributed by atoms with Gasteiger partial charge in [-0.15, -0.1) is 0 Å². The summed E-state index contributed by atoms with van der Waals surface area (Å²) in [6.45, 7) is 7.19. The van der Waals surface area contributed by atoms with Crippen LogP contribution in [-0.2, 0) is 0 Å². The minimum Gasteiger partial charge on any atom is -0.493 e. The highest BCUT2D eigenvalue weighted by Gasteiger charge is 2.05. The Bertz CT molecular complexity index is 335. The molecule has 17 heavy (non-hydrogen) atoms. The van der Waals surface area contributed by atoms with Gasteiger partial charge < -0.3 is 15.8 Å². The van der Waals surface area contributed by atoms with Gasteiger partial charge in [0.2, 0.25) is 0 Å². The number of nitrogens with two attached hydrogens (primary N) is 1. The summed E-state index contributed by atoms with van der Waals surface area (Å²) in [4.78, 5) is 0. The van der Waals surface area contributed by atoms with Gasteiger partial charge in [-0.25, -0.2) is 0 Å². The van der Waals surface area contributed by atoms with Gasteiger partial charge in [-0.1, -0.05) is 20.8 Å². The summed E-state index contributed by atoms with van der Waals surface area (Å²) in [6, 6.07) is 6.34. The van der Waals surface area contributed by atoms with Crippen molar-refractivity contribution >= 4 is 11.4 Å². The average Bonchev–Trinajstić information content (AvgIpc) is 2.32. The van der Waals surface area contributed by atoms with Crippen molar-refractivity contribution in [2.24, 2.45) is 0 Å². The first-order valence-electron chi connectivity index (χ1n) is 6.49. The molecule has 0 amide bonds. The van der Waals surface area contributed by atoms with Crippen molar-refractivity contribution < 1.29 is 4.74 Å². The SMILES string of the molecule is CCCOc1cc(N)cc(NC(CC)CC)c1. The molecule has 0 atom stereocenters. The topological polar surface area (TPSA) is 47.3 Å². The minimum atomic E-state index is 0.496. The molecule has 3 heteroatoms. The fraction of sp³-hybridized carbons (Fsp3) is 0.571. The molecule has 0 fully saturated rings. The predicted octanol–water partition coefficient (Wildman–Crippen LogP) is 3.66. The van der Waals surface area contributed by atoms with Crippen LogP contribution in [0, 0.1) is 0 Å². The Morgan fingerprint density at radius 3 is 2.47 bits per heavy atom. The molecular formula is C14H24N2O. The second-order valence-corrected chi connectivity index (χ2v) is 4.30. The van der Waals surface area contributed by atoms with E-state index < -0.39 is 0 Å². The third-order valence-corrected chi connectivity index (χ3v) is 2.76. The Morgan fingerprint density at radius 2 is 1.88 bits per heavy atom. The maximum atomic E-state index is 5.87. The van der Waals surface area contributed by atoms with E-state index in [-0.39, 0.29) is 0 Å². The zero-order chi connectivity index (χ0) is 12.7. The van der Waals surface area contributed by atoms with Crippen molar-refractivity contribution in [3.63, 3.8) is 0 Å². The predicted molar refractivity (Wildman–Crippen MR) is 74.6 cm³/mol. The van der Waals surface area contributed by atoms with Crippen LogP contribution >= 0.6 is 0 Å². The molecule has 0 heterocycles. The average molecular weight is 236 g/mol. The molecule has 1 aromatic carbocycles. The monoisotopic (exact) mass is 236 g/mol. The number of hydrogen-bond acceptors (Lipinski definition) is 3. The minimum absolute atomic E-state index is 0.496. The summed E-state index contributed by atoms with van der Waals surface area (Å²) in [5.74, 6) is 0.848. The van der Waals surface area contributed by atoms with Gasteiger partial charge in [0.1, 0.15) is 5.75 Å². The molecule has 0 saturated heterocycles. The van der Waals surface area contributed by atoms with Crippen LogP contribution in [0.5, 0.6) is 5.75 Å². The molecule has 3 nitrogen and oxygen atoms in total. The molecule has 0 spiro atoms. The van der Waals surface area contributed by atoms with Gasteiger partial charge in [-0.05, 0) is 25.3 Å². The number of nitrogen functional groups attached to an aromatic ring is 1. The van der Waals surface area contributed by atoms with Crippen molar-refractivity contribution in [2.75, 3.05) is 17.7 Å². The van der Waals surface area contributed by atoms with Gasteiger partial charge in [-0.2, -0.15) is 0 Å². The van der Waals surface area contributed by atoms with Gasteiger partial charge in [0, 0.05) is 29.5 Å². The number of anilines is 2. The van der Waals surface area contributed by atoms with E-state index in [4.69, 9.17) is 10.5 Å². The van der Waals surface area contributed by atoms with Crippen molar-refractivity contribution in [3.8, 4) is 5.75 Å². The Hall–Kier alpha value is -1.38. The fourth-order valence-electron chi connectivity index (χ4n) is 1.74. The van der Waals surface area contributed by atoms with Crippen LogP contribution in [0.3, 0.4) is 0 Å². The number of rotatable bonds is 7. The Morgan fingerprint density at radius 1 is 1.18 bits per heavy atom. The lowest BCUT2D eigenvalue weighted by atomic mass is 10.1. The van der Waals surface area contributed by atoms with Crippen molar-refractivity contribution in [1.29, 1.82) is 0 Å². The number of hydrogen-bond donors (Lipinski definition) is 2. The second kappa shape index (κ2) is 7.05. The number of benzene rings is 1. The van der Waals surface area contributed by atoms with Gasteiger partial charge in [0.15, 0.2) is 0 Å². The van der Waals surface area contributed by atoms with E-state index in [0.717, 1.165) is 43.0 Å². The summed E-state index contributed by atoms with van der Waals surface area (Å²) in [5, 5.41) is 3.48. The third-order valence-electron chi connectivity index (χ3n) is 2.76. The van der Waals surface area contributed by atoms with Crippen LogP contribution in [-0.4, -0.2) is 12.6 Å². The number of nitrogens with one attached hydrogen (secondary N) is 1. The van der Waals surface area contributed by atoms with Crippen LogP contribution in [0.1, 0.15) is 40.0 Å². The van der Waals surface area contributed by atoms with Crippen LogP contribution in [0.2, 0.25) is 0 Å². The highest BCUT2D eigenvalue weighted by molar-refractivity contribution is 5.59. The van der Waals surface area contributed by atoms with Crippen molar-refractivity contribution in [2.45, 2.75) is 46.1 Å². The lowest BCUT2D eigenvalue weighted by Gasteiger charge is -2.17. The molecule has 1 rings (SSSR count). The fourth-order valence-corrected chi connectivity index (χ4v) is 1.74. The molecule has 0 aliphatic rings. The highest BCUT2D eigenvalue weighted by Crippen LogP contribution is 2.24. The smallest absolute Gasteiger partial charge is 0.123 e. The lowest BCUT2D eigenvalue weighted by Crippen LogP contribution is -2.17. The zero-order valence-electron chi connectivity index (χ0n) is 11.1. The van der Waals surface area contributed by atoms with Gasteiger partial charge >= 0.3 is 0 Å². The maximum absolute atomic E-state index is 5.87. The van der Waals surface area contributed by atoms with E-state index in [2.05, 4.69) is 26.1 Å². The maximum Gasteiger partial charge on any atom is 0.123 e. The van der Waals surface area contributed by atoms with Crippen LogP contribution in [0.4, 0.5) is 11.4 Å². The molecule has 0 aliphatic carbocycles. The molecular weight excluding hydrogens is 212 g/mol. The Balaban J connectivity index is 2.74. The van der Waals surface area contributed by atoms with E-state index in [9.17, 15) is 0 Å². The third kappa shape index (κ3) is 4.55. The van der Waals surface area contributed by atoms with Gasteiger partial charge in [0.25, 0.3) is 0 Å². The van der Waals surface area contributed by atoms with E-state index in [0.29, 0.717) is 6.04 Å². The molecule has 0 radical (unpaired) electrons. The van der Waals surface area contributed by atoms with Gasteiger partial charge in [0.05, 0.1) is 6.61 Å². The summed E-state index contributed by atoms with van der Waals surface area (Å²) >= 11 is 0. The Kier molecular flexibility index (Phi) is 5.67. The summed E-state index contributed by atoms with van der Waals surface area (Å²) in [5.41, 5.74) is 7.66. The van der Waals surface area contributed by atoms with Crippen LogP contribution in [0.25, 0.3) is 0 Å². The second-order valence-electron chi connectivity index (χ2n) is 4.30. The molecule has 1 aromatic rings. The van der Waals surface area contributed by atoms with E-state index in [1.165, 1.54) is 0 Å². The molecule has 0 saturated carbocycles. The van der Waals surface area contributed by atoms with Crippen LogP contribution in [0.15, 0.2) is 18.2 Å². The quantitative estimate of drug-likeness (QED) is 0.710. The van der Waals surface area contributed by atoms with E-state index in [1.54, 1.807) is 0 Å². The van der Waals surface area contributed by atoms with E-state index in [1.807, 2.05) is 18.2 Å². The molecule has 3 N–H and O–H groups in total. The highest BCUT2D eigenvalue weighted by atomic mass is 16.5. The van der Waals surface area contributed by atoms with E-state index >= 15 is 0 Å². The van der Waals surface area contributed by atoms with Crippen molar-refractivity contribution in [3.05, 3.63) is 18.2 Å². The first-order valence-corrected chi connectivity index (χ1v) is 6.49. The first-order chi connectivity index (χ1) is 8.19. The first kappa shape index (κ1) is 13.7. The molecule has 0 bridgehead atoms. The lowest BCUT2D eigenvalue weighted by molar-refractivity contribution is 0.318. The summed E-state index contributed by atoms with van der Waals surface area (Å²) < 4.78 is 5.61. The molecule has 0 unspecified atom stereocenters. The van der Waals surface area contributed by atoms with Crippen LogP contribution < -0.4 is 15.8 Å². The zero-order valence-corrected chi connectivity index (χ0v) is 11.1. The largest absolute Gasteiger partial charge is 0.493 e. The standard InChI is InChI=1S/C14H24N2O/c1-4-7-17-14-9-11(15)8-13(10-14)16-12(5-2)6-3/h8-10,12,16H,4-7,15H2,1-3H3. The van der Waals surface area contributed by atoms with Crippen molar-refractivity contribution in [1.82, 2.24) is 0 Å². The summed E-state index contributed by atoms with van der Waals surface area (Å²) in [7, 11) is 0. The normalized spacial score (nSPS) is 10.6. The molecule has 0 aromatic heterocycles. The molecule has 0 aliphatic heterocycles.